The lowest BCUT2D eigenvalue weighted by molar-refractivity contribution is -0.117. The maximum Gasteiger partial charge on any atom is 0.252 e. The summed E-state index contributed by atoms with van der Waals surface area (Å²) < 4.78 is 8.56. The highest BCUT2D eigenvalue weighted by atomic mass is 32.1. The maximum absolute atomic E-state index is 12.4. The second kappa shape index (κ2) is 7.23. The molecule has 1 heterocycles. The zero-order valence-corrected chi connectivity index (χ0v) is 15.8. The molecule has 0 fully saturated rings. The summed E-state index contributed by atoms with van der Waals surface area (Å²) in [7, 11) is 1.93. The zero-order valence-electron chi connectivity index (χ0n) is 15.0. The molecule has 4 nitrogen and oxygen atoms in total. The van der Waals surface area contributed by atoms with Crippen LogP contribution in [-0.4, -0.2) is 17.1 Å². The summed E-state index contributed by atoms with van der Waals surface area (Å²) in [4.78, 5) is 17.4. The molecule has 0 aliphatic carbocycles. The molecule has 2 aromatic carbocycles. The van der Waals surface area contributed by atoms with Crippen LogP contribution < -0.4 is 9.54 Å². The number of benzene rings is 2. The van der Waals surface area contributed by atoms with Gasteiger partial charge in [0.15, 0.2) is 4.80 Å². The first kappa shape index (κ1) is 17.4. The van der Waals surface area contributed by atoms with Gasteiger partial charge in [0.2, 0.25) is 0 Å². The van der Waals surface area contributed by atoms with Gasteiger partial charge in [-0.1, -0.05) is 29.5 Å². The average molecular weight is 354 g/mol. The van der Waals surface area contributed by atoms with Crippen molar-refractivity contribution in [1.82, 2.24) is 4.57 Å². The molecule has 0 N–H and O–H groups in total. The van der Waals surface area contributed by atoms with Gasteiger partial charge in [0, 0.05) is 7.05 Å². The molecule has 1 amide bonds. The van der Waals surface area contributed by atoms with Gasteiger partial charge in [0.1, 0.15) is 5.75 Å². The molecular formula is C20H22N2O2S. The van der Waals surface area contributed by atoms with Crippen molar-refractivity contribution in [2.75, 3.05) is 6.61 Å². The summed E-state index contributed by atoms with van der Waals surface area (Å²) >= 11 is 1.50. The van der Waals surface area contributed by atoms with Gasteiger partial charge in [0.25, 0.3) is 5.91 Å². The highest BCUT2D eigenvalue weighted by molar-refractivity contribution is 7.16. The Hall–Kier alpha value is -2.40. The molecule has 1 aromatic heterocycles. The van der Waals surface area contributed by atoms with Gasteiger partial charge in [-0.05, 0) is 55.7 Å². The Morgan fingerprint density at radius 3 is 2.68 bits per heavy atom. The summed E-state index contributed by atoms with van der Waals surface area (Å²) in [5.74, 6) is 0.709. The predicted molar refractivity (Wildman–Crippen MR) is 102 cm³/mol. The lowest BCUT2D eigenvalue weighted by Crippen LogP contribution is -2.14. The van der Waals surface area contributed by atoms with Gasteiger partial charge in [-0.2, -0.15) is 4.99 Å². The van der Waals surface area contributed by atoms with Crippen LogP contribution in [0, 0.1) is 13.8 Å². The van der Waals surface area contributed by atoms with E-state index in [4.69, 9.17) is 4.74 Å². The molecule has 0 aliphatic heterocycles. The number of hydrogen-bond donors (Lipinski definition) is 0. The molecular weight excluding hydrogens is 332 g/mol. The summed E-state index contributed by atoms with van der Waals surface area (Å²) in [6.45, 7) is 6.72. The molecule has 0 saturated heterocycles. The Bertz CT molecular complexity index is 999. The SMILES string of the molecule is CCOc1ccc2c(c1)sc(=NC(=O)Cc1ccc(C)c(C)c1)n2C. The van der Waals surface area contributed by atoms with Gasteiger partial charge in [-0.25, -0.2) is 0 Å². The molecule has 0 radical (unpaired) electrons. The Morgan fingerprint density at radius 1 is 1.16 bits per heavy atom. The number of carbonyl (C=O) groups is 1. The third-order valence-corrected chi connectivity index (χ3v) is 5.33. The number of nitrogens with zero attached hydrogens (tertiary/aromatic N) is 2. The van der Waals surface area contributed by atoms with Crippen LogP contribution in [0.2, 0.25) is 0 Å². The normalized spacial score (nSPS) is 11.9. The molecule has 0 saturated carbocycles. The molecule has 0 atom stereocenters. The number of aryl methyl sites for hydroxylation is 3. The smallest absolute Gasteiger partial charge is 0.252 e. The van der Waals surface area contributed by atoms with Crippen LogP contribution >= 0.6 is 11.3 Å². The Morgan fingerprint density at radius 2 is 1.96 bits per heavy atom. The van der Waals surface area contributed by atoms with Crippen LogP contribution in [0.1, 0.15) is 23.6 Å². The monoisotopic (exact) mass is 354 g/mol. The number of ether oxygens (including phenoxy) is 1. The predicted octanol–water partition coefficient (Wildman–Crippen LogP) is 3.93. The largest absolute Gasteiger partial charge is 0.494 e. The maximum atomic E-state index is 12.4. The second-order valence-electron chi connectivity index (χ2n) is 6.11. The van der Waals surface area contributed by atoms with Gasteiger partial charge in [0.05, 0.1) is 23.2 Å². The van der Waals surface area contributed by atoms with Crippen LogP contribution in [-0.2, 0) is 18.3 Å². The number of fused-ring (bicyclic) bond motifs is 1. The van der Waals surface area contributed by atoms with Crippen LogP contribution in [0.5, 0.6) is 5.75 Å². The number of hydrogen-bond acceptors (Lipinski definition) is 3. The van der Waals surface area contributed by atoms with E-state index in [2.05, 4.69) is 24.9 Å². The third-order valence-electron chi connectivity index (χ3n) is 4.24. The Labute approximate surface area is 151 Å². The number of thiazole rings is 1. The third kappa shape index (κ3) is 3.82. The number of amides is 1. The zero-order chi connectivity index (χ0) is 18.0. The minimum absolute atomic E-state index is 0.129. The molecule has 130 valence electrons. The van der Waals surface area contributed by atoms with Crippen LogP contribution in [0.4, 0.5) is 0 Å². The van der Waals surface area contributed by atoms with E-state index in [0.717, 1.165) is 21.5 Å². The molecule has 0 aliphatic rings. The van der Waals surface area contributed by atoms with E-state index < -0.39 is 0 Å². The van der Waals surface area contributed by atoms with E-state index in [1.54, 1.807) is 0 Å². The molecule has 0 bridgehead atoms. The van der Waals surface area contributed by atoms with Crippen molar-refractivity contribution in [2.45, 2.75) is 27.2 Å². The highest BCUT2D eigenvalue weighted by Crippen LogP contribution is 2.22. The van der Waals surface area contributed by atoms with Crippen molar-refractivity contribution in [3.8, 4) is 5.75 Å². The lowest BCUT2D eigenvalue weighted by Gasteiger charge is -2.03. The molecule has 5 heteroatoms. The van der Waals surface area contributed by atoms with Gasteiger partial charge in [-0.15, -0.1) is 0 Å². The molecule has 0 spiro atoms. The molecule has 0 unspecified atom stereocenters. The number of aromatic nitrogens is 1. The summed E-state index contributed by atoms with van der Waals surface area (Å²) in [6.07, 6.45) is 0.319. The van der Waals surface area contributed by atoms with Crippen molar-refractivity contribution in [2.24, 2.45) is 12.0 Å². The van der Waals surface area contributed by atoms with E-state index in [1.165, 1.54) is 22.5 Å². The van der Waals surface area contributed by atoms with E-state index in [1.807, 2.05) is 48.9 Å². The summed E-state index contributed by atoms with van der Waals surface area (Å²) in [5, 5.41) is 0. The van der Waals surface area contributed by atoms with Gasteiger partial charge < -0.3 is 9.30 Å². The first-order valence-corrected chi connectivity index (χ1v) is 9.15. The van der Waals surface area contributed by atoms with E-state index in [9.17, 15) is 4.79 Å². The van der Waals surface area contributed by atoms with Crippen molar-refractivity contribution in [3.05, 3.63) is 57.9 Å². The quantitative estimate of drug-likeness (QED) is 0.713. The Kier molecular flexibility index (Phi) is 5.04. The second-order valence-corrected chi connectivity index (χ2v) is 7.12. The van der Waals surface area contributed by atoms with E-state index >= 15 is 0 Å². The standard InChI is InChI=1S/C20H22N2O2S/c1-5-24-16-8-9-17-18(12-16)25-20(22(17)4)21-19(23)11-15-7-6-13(2)14(3)10-15/h6-10,12H,5,11H2,1-4H3. The lowest BCUT2D eigenvalue weighted by atomic mass is 10.0. The van der Waals surface area contributed by atoms with Gasteiger partial charge in [-0.3, -0.25) is 4.79 Å². The average Bonchev–Trinajstić information content (AvgIpc) is 2.87. The number of carbonyl (C=O) groups excluding carboxylic acids is 1. The van der Waals surface area contributed by atoms with Crippen LogP contribution in [0.15, 0.2) is 41.4 Å². The van der Waals surface area contributed by atoms with Crippen molar-refractivity contribution < 1.29 is 9.53 Å². The van der Waals surface area contributed by atoms with Crippen molar-refractivity contribution >= 4 is 27.5 Å². The fourth-order valence-electron chi connectivity index (χ4n) is 2.71. The highest BCUT2D eigenvalue weighted by Gasteiger charge is 2.08. The van der Waals surface area contributed by atoms with E-state index in [0.29, 0.717) is 17.8 Å². The molecule has 3 aromatic rings. The summed E-state index contributed by atoms with van der Waals surface area (Å²) in [6, 6.07) is 12.0. The fraction of sp³-hybridized carbons (Fsp3) is 0.300. The minimum atomic E-state index is -0.129. The first-order chi connectivity index (χ1) is 12.0. The van der Waals surface area contributed by atoms with Crippen LogP contribution in [0.3, 0.4) is 0 Å². The molecule has 3 rings (SSSR count). The van der Waals surface area contributed by atoms with E-state index in [-0.39, 0.29) is 5.91 Å². The van der Waals surface area contributed by atoms with Gasteiger partial charge >= 0.3 is 0 Å². The number of rotatable bonds is 4. The fourth-order valence-corrected chi connectivity index (χ4v) is 3.78. The van der Waals surface area contributed by atoms with Crippen LogP contribution in [0.25, 0.3) is 10.2 Å². The minimum Gasteiger partial charge on any atom is -0.494 e. The summed E-state index contributed by atoms with van der Waals surface area (Å²) in [5.41, 5.74) is 4.47. The van der Waals surface area contributed by atoms with Crippen molar-refractivity contribution in [1.29, 1.82) is 0 Å². The topological polar surface area (TPSA) is 43.6 Å². The first-order valence-electron chi connectivity index (χ1n) is 8.34. The van der Waals surface area contributed by atoms with Crippen molar-refractivity contribution in [3.63, 3.8) is 0 Å². The Balaban J connectivity index is 1.90. The molecule has 25 heavy (non-hydrogen) atoms.